The van der Waals surface area contributed by atoms with Gasteiger partial charge in [0.25, 0.3) is 5.91 Å². The summed E-state index contributed by atoms with van der Waals surface area (Å²) in [4.78, 5) is 12.0. The number of anilines is 2. The van der Waals surface area contributed by atoms with Gasteiger partial charge < -0.3 is 11.1 Å². The molecule has 3 nitrogen and oxygen atoms in total. The van der Waals surface area contributed by atoms with Gasteiger partial charge in [0.2, 0.25) is 0 Å². The molecule has 0 unspecified atom stereocenters. The van der Waals surface area contributed by atoms with Crippen LogP contribution in [0.15, 0.2) is 36.4 Å². The molecule has 1 amide bonds. The average Bonchev–Trinajstić information content (AvgIpc) is 2.33. The number of nitrogen functional groups attached to an aromatic ring is 1. The Morgan fingerprint density at radius 2 is 2.05 bits per heavy atom. The van der Waals surface area contributed by atoms with Crippen LogP contribution in [0, 0.1) is 12.7 Å². The topological polar surface area (TPSA) is 55.1 Å². The maximum Gasteiger partial charge on any atom is 0.255 e. The Bertz CT molecular complexity index is 623. The number of benzene rings is 2. The van der Waals surface area contributed by atoms with Gasteiger partial charge in [-0.3, -0.25) is 4.79 Å². The number of amides is 1. The Labute approximate surface area is 115 Å². The van der Waals surface area contributed by atoms with Crippen molar-refractivity contribution in [3.8, 4) is 0 Å². The zero-order chi connectivity index (χ0) is 14.0. The van der Waals surface area contributed by atoms with E-state index in [1.165, 1.54) is 6.07 Å². The first-order valence-corrected chi connectivity index (χ1v) is 5.97. The van der Waals surface area contributed by atoms with E-state index >= 15 is 0 Å². The predicted octanol–water partition coefficient (Wildman–Crippen LogP) is 3.62. The van der Waals surface area contributed by atoms with E-state index in [1.807, 2.05) is 0 Å². The van der Waals surface area contributed by atoms with E-state index in [-0.39, 0.29) is 11.3 Å². The van der Waals surface area contributed by atoms with Crippen molar-refractivity contribution >= 4 is 28.9 Å². The Morgan fingerprint density at radius 3 is 2.74 bits per heavy atom. The molecule has 0 saturated heterocycles. The van der Waals surface area contributed by atoms with E-state index in [0.717, 1.165) is 17.7 Å². The molecule has 0 saturated carbocycles. The highest BCUT2D eigenvalue weighted by Gasteiger charge is 2.10. The van der Waals surface area contributed by atoms with E-state index in [1.54, 1.807) is 25.1 Å². The molecule has 3 N–H and O–H groups in total. The Morgan fingerprint density at radius 1 is 1.32 bits per heavy atom. The van der Waals surface area contributed by atoms with E-state index in [2.05, 4.69) is 5.32 Å². The summed E-state index contributed by atoms with van der Waals surface area (Å²) < 4.78 is 13.2. The molecule has 0 aliphatic rings. The quantitative estimate of drug-likeness (QED) is 0.824. The minimum absolute atomic E-state index is 0.164. The highest BCUT2D eigenvalue weighted by atomic mass is 35.5. The predicted molar refractivity (Wildman–Crippen MR) is 75.0 cm³/mol. The first kappa shape index (κ1) is 13.4. The van der Waals surface area contributed by atoms with Crippen LogP contribution in [-0.2, 0) is 0 Å². The van der Waals surface area contributed by atoms with Crippen LogP contribution in [0.4, 0.5) is 15.8 Å². The fourth-order valence-electron chi connectivity index (χ4n) is 1.68. The monoisotopic (exact) mass is 278 g/mol. The van der Waals surface area contributed by atoms with Gasteiger partial charge in [-0.1, -0.05) is 17.7 Å². The summed E-state index contributed by atoms with van der Waals surface area (Å²) in [6.45, 7) is 1.79. The van der Waals surface area contributed by atoms with Crippen LogP contribution in [0.5, 0.6) is 0 Å². The lowest BCUT2D eigenvalue weighted by molar-refractivity contribution is 0.102. The second-order valence-corrected chi connectivity index (χ2v) is 4.55. The van der Waals surface area contributed by atoms with Crippen molar-refractivity contribution in [2.45, 2.75) is 6.92 Å². The van der Waals surface area contributed by atoms with Gasteiger partial charge in [0, 0.05) is 22.0 Å². The molecular formula is C14H12ClFN2O. The van der Waals surface area contributed by atoms with Crippen LogP contribution in [0.25, 0.3) is 0 Å². The van der Waals surface area contributed by atoms with Gasteiger partial charge in [0.15, 0.2) is 0 Å². The third kappa shape index (κ3) is 3.03. The van der Waals surface area contributed by atoms with Gasteiger partial charge in [-0.05, 0) is 42.8 Å². The van der Waals surface area contributed by atoms with Crippen molar-refractivity contribution in [1.82, 2.24) is 0 Å². The molecule has 0 aliphatic heterocycles. The van der Waals surface area contributed by atoms with E-state index in [0.29, 0.717) is 10.7 Å². The molecule has 5 heteroatoms. The normalized spacial score (nSPS) is 10.3. The molecule has 0 atom stereocenters. The zero-order valence-electron chi connectivity index (χ0n) is 10.2. The molecule has 0 bridgehead atoms. The number of rotatable bonds is 2. The maximum atomic E-state index is 13.2. The molecule has 19 heavy (non-hydrogen) atoms. The van der Waals surface area contributed by atoms with Gasteiger partial charge in [-0.2, -0.15) is 0 Å². The molecule has 0 aromatic heterocycles. The molecule has 2 rings (SSSR count). The first-order valence-electron chi connectivity index (χ1n) is 5.60. The van der Waals surface area contributed by atoms with E-state index in [9.17, 15) is 9.18 Å². The average molecular weight is 279 g/mol. The van der Waals surface area contributed by atoms with Crippen LogP contribution in [0.3, 0.4) is 0 Å². The lowest BCUT2D eigenvalue weighted by Crippen LogP contribution is -2.13. The van der Waals surface area contributed by atoms with Crippen molar-refractivity contribution in [3.05, 3.63) is 58.4 Å². The molecular weight excluding hydrogens is 267 g/mol. The van der Waals surface area contributed by atoms with Gasteiger partial charge in [0.05, 0.1) is 0 Å². The highest BCUT2D eigenvalue weighted by molar-refractivity contribution is 6.31. The Kier molecular flexibility index (Phi) is 3.71. The molecule has 2 aromatic carbocycles. The standard InChI is InChI=1S/C14H12ClFN2O/c1-8-12(15)3-2-4-13(8)18-14(19)9-5-10(16)7-11(17)6-9/h2-7H,17H2,1H3,(H,18,19). The summed E-state index contributed by atoms with van der Waals surface area (Å²) in [6.07, 6.45) is 0. The van der Waals surface area contributed by atoms with Crippen molar-refractivity contribution in [1.29, 1.82) is 0 Å². The molecule has 0 fully saturated rings. The number of hydrogen-bond acceptors (Lipinski definition) is 2. The smallest absolute Gasteiger partial charge is 0.255 e. The lowest BCUT2D eigenvalue weighted by atomic mass is 10.1. The minimum atomic E-state index is -0.548. The molecule has 0 aliphatic carbocycles. The molecule has 0 spiro atoms. The number of halogens is 2. The lowest BCUT2D eigenvalue weighted by Gasteiger charge is -2.10. The van der Waals surface area contributed by atoms with Gasteiger partial charge in [-0.25, -0.2) is 4.39 Å². The zero-order valence-corrected chi connectivity index (χ0v) is 11.0. The van der Waals surface area contributed by atoms with Crippen molar-refractivity contribution in [2.75, 3.05) is 11.1 Å². The van der Waals surface area contributed by atoms with Gasteiger partial charge in [-0.15, -0.1) is 0 Å². The van der Waals surface area contributed by atoms with Crippen LogP contribution in [-0.4, -0.2) is 5.91 Å². The van der Waals surface area contributed by atoms with E-state index in [4.69, 9.17) is 17.3 Å². The van der Waals surface area contributed by atoms with Gasteiger partial charge >= 0.3 is 0 Å². The number of hydrogen-bond donors (Lipinski definition) is 2. The van der Waals surface area contributed by atoms with Crippen molar-refractivity contribution < 1.29 is 9.18 Å². The van der Waals surface area contributed by atoms with Gasteiger partial charge in [0.1, 0.15) is 5.82 Å². The Hall–Kier alpha value is -2.07. The third-order valence-corrected chi connectivity index (χ3v) is 3.11. The summed E-state index contributed by atoms with van der Waals surface area (Å²) in [5.41, 5.74) is 7.20. The third-order valence-electron chi connectivity index (χ3n) is 2.70. The van der Waals surface area contributed by atoms with Crippen LogP contribution >= 0.6 is 11.6 Å². The Balaban J connectivity index is 2.28. The minimum Gasteiger partial charge on any atom is -0.399 e. The molecule has 98 valence electrons. The summed E-state index contributed by atoms with van der Waals surface area (Å²) in [7, 11) is 0. The molecule has 0 heterocycles. The highest BCUT2D eigenvalue weighted by Crippen LogP contribution is 2.23. The van der Waals surface area contributed by atoms with Crippen molar-refractivity contribution in [2.24, 2.45) is 0 Å². The fourth-order valence-corrected chi connectivity index (χ4v) is 1.86. The SMILES string of the molecule is Cc1c(Cl)cccc1NC(=O)c1cc(N)cc(F)c1. The fraction of sp³-hybridized carbons (Fsp3) is 0.0714. The van der Waals surface area contributed by atoms with Crippen LogP contribution in [0.1, 0.15) is 15.9 Å². The second kappa shape index (κ2) is 5.28. The van der Waals surface area contributed by atoms with Crippen molar-refractivity contribution in [3.63, 3.8) is 0 Å². The largest absolute Gasteiger partial charge is 0.399 e. The molecule has 0 radical (unpaired) electrons. The number of carbonyl (C=O) groups excluding carboxylic acids is 1. The van der Waals surface area contributed by atoms with Crippen LogP contribution in [0.2, 0.25) is 5.02 Å². The summed E-state index contributed by atoms with van der Waals surface area (Å²) in [6, 6.07) is 8.88. The second-order valence-electron chi connectivity index (χ2n) is 4.14. The number of carbonyl (C=O) groups is 1. The van der Waals surface area contributed by atoms with E-state index < -0.39 is 11.7 Å². The first-order chi connectivity index (χ1) is 8.97. The number of nitrogens with two attached hydrogens (primary N) is 1. The summed E-state index contributed by atoms with van der Waals surface area (Å²) >= 11 is 5.96. The van der Waals surface area contributed by atoms with Crippen LogP contribution < -0.4 is 11.1 Å². The summed E-state index contributed by atoms with van der Waals surface area (Å²) in [5.74, 6) is -0.982. The maximum absolute atomic E-state index is 13.2. The number of nitrogens with one attached hydrogen (secondary N) is 1. The summed E-state index contributed by atoms with van der Waals surface area (Å²) in [5, 5.41) is 3.23. The molecule has 2 aromatic rings.